The highest BCUT2D eigenvalue weighted by Gasteiger charge is 2.44. The molecule has 0 bridgehead atoms. The molecule has 2 aliphatic rings. The quantitative estimate of drug-likeness (QED) is 0.653. The van der Waals surface area contributed by atoms with Crippen LogP contribution in [-0.4, -0.2) is 12.2 Å². The van der Waals surface area contributed by atoms with Gasteiger partial charge in [0.15, 0.2) is 0 Å². The zero-order valence-corrected chi connectivity index (χ0v) is 13.6. The molecule has 1 saturated carbocycles. The molecule has 0 amide bonds. The first-order valence-corrected chi connectivity index (χ1v) is 8.29. The van der Waals surface area contributed by atoms with Crippen molar-refractivity contribution < 1.29 is 4.74 Å². The van der Waals surface area contributed by atoms with Gasteiger partial charge in [0.25, 0.3) is 0 Å². The molecule has 3 rings (SSSR count). The third kappa shape index (κ3) is 2.67. The van der Waals surface area contributed by atoms with Crippen LogP contribution in [0.4, 0.5) is 0 Å². The Morgan fingerprint density at radius 1 is 1.45 bits per heavy atom. The Balaban J connectivity index is 1.79. The molecular weight excluding hydrogens is 316 g/mol. The molecule has 4 heteroatoms. The summed E-state index contributed by atoms with van der Waals surface area (Å²) in [6.07, 6.45) is 5.97. The predicted octanol–water partition coefficient (Wildman–Crippen LogP) is 3.61. The van der Waals surface area contributed by atoms with E-state index in [9.17, 15) is 0 Å². The van der Waals surface area contributed by atoms with E-state index >= 15 is 0 Å². The summed E-state index contributed by atoms with van der Waals surface area (Å²) in [7, 11) is 0. The lowest BCUT2D eigenvalue weighted by Gasteiger charge is -2.48. The monoisotopic (exact) mass is 338 g/mol. The summed E-state index contributed by atoms with van der Waals surface area (Å²) in [6.45, 7) is 2.98. The van der Waals surface area contributed by atoms with Crippen molar-refractivity contribution >= 4 is 15.9 Å². The Morgan fingerprint density at radius 3 is 2.85 bits per heavy atom. The molecule has 2 unspecified atom stereocenters. The number of halogens is 1. The van der Waals surface area contributed by atoms with E-state index in [4.69, 9.17) is 10.6 Å². The minimum Gasteiger partial charge on any atom is -0.375 e. The summed E-state index contributed by atoms with van der Waals surface area (Å²) in [6, 6.07) is 6.76. The SMILES string of the molecule is Cc1ccc(C(NN)C2CCOC3(CCC3)C2)cc1Br. The van der Waals surface area contributed by atoms with E-state index < -0.39 is 0 Å². The smallest absolute Gasteiger partial charge is 0.0686 e. The van der Waals surface area contributed by atoms with E-state index in [0.29, 0.717) is 5.92 Å². The largest absolute Gasteiger partial charge is 0.375 e. The van der Waals surface area contributed by atoms with Gasteiger partial charge in [-0.2, -0.15) is 0 Å². The van der Waals surface area contributed by atoms with Crippen LogP contribution in [-0.2, 0) is 4.74 Å². The van der Waals surface area contributed by atoms with Gasteiger partial charge in [0.2, 0.25) is 0 Å². The fourth-order valence-electron chi connectivity index (χ4n) is 3.58. The lowest BCUT2D eigenvalue weighted by Crippen LogP contribution is -2.48. The number of hydrogen-bond donors (Lipinski definition) is 2. The number of hydrogen-bond acceptors (Lipinski definition) is 3. The summed E-state index contributed by atoms with van der Waals surface area (Å²) in [4.78, 5) is 0. The van der Waals surface area contributed by atoms with Crippen molar-refractivity contribution in [1.82, 2.24) is 5.43 Å². The highest BCUT2D eigenvalue weighted by Crippen LogP contribution is 2.47. The van der Waals surface area contributed by atoms with Crippen LogP contribution in [0.2, 0.25) is 0 Å². The number of ether oxygens (including phenoxy) is 1. The van der Waals surface area contributed by atoms with Crippen molar-refractivity contribution in [1.29, 1.82) is 0 Å². The first kappa shape index (κ1) is 14.5. The highest BCUT2D eigenvalue weighted by molar-refractivity contribution is 9.10. The average Bonchev–Trinajstić information content (AvgIpc) is 2.42. The van der Waals surface area contributed by atoms with Gasteiger partial charge in [-0.1, -0.05) is 28.1 Å². The normalized spacial score (nSPS) is 26.2. The number of nitrogens with two attached hydrogens (primary N) is 1. The van der Waals surface area contributed by atoms with Gasteiger partial charge in [-0.05, 0) is 62.1 Å². The average molecular weight is 339 g/mol. The van der Waals surface area contributed by atoms with Crippen molar-refractivity contribution in [2.75, 3.05) is 6.61 Å². The Bertz CT molecular complexity index is 487. The lowest BCUT2D eigenvalue weighted by molar-refractivity contribution is -0.147. The van der Waals surface area contributed by atoms with Crippen LogP contribution >= 0.6 is 15.9 Å². The zero-order valence-electron chi connectivity index (χ0n) is 12.0. The second-order valence-electron chi connectivity index (χ2n) is 6.29. The molecule has 1 aliphatic carbocycles. The lowest BCUT2D eigenvalue weighted by atomic mass is 9.70. The third-order valence-electron chi connectivity index (χ3n) is 5.00. The minimum absolute atomic E-state index is 0.167. The number of aryl methyl sites for hydroxylation is 1. The first-order valence-electron chi connectivity index (χ1n) is 7.50. The van der Waals surface area contributed by atoms with E-state index in [2.05, 4.69) is 46.5 Å². The minimum atomic E-state index is 0.167. The second-order valence-corrected chi connectivity index (χ2v) is 7.15. The van der Waals surface area contributed by atoms with Gasteiger partial charge >= 0.3 is 0 Å². The maximum atomic E-state index is 6.03. The molecule has 3 nitrogen and oxygen atoms in total. The first-order chi connectivity index (χ1) is 9.63. The number of hydrazine groups is 1. The Hall–Kier alpha value is -0.420. The Labute approximate surface area is 129 Å². The Morgan fingerprint density at radius 2 is 2.25 bits per heavy atom. The molecule has 1 aliphatic heterocycles. The number of rotatable bonds is 3. The molecular formula is C16H23BrN2O. The third-order valence-corrected chi connectivity index (χ3v) is 5.86. The summed E-state index contributed by atoms with van der Waals surface area (Å²) < 4.78 is 7.18. The number of benzene rings is 1. The maximum absolute atomic E-state index is 6.03. The van der Waals surface area contributed by atoms with Crippen molar-refractivity contribution in [3.63, 3.8) is 0 Å². The Kier molecular flexibility index (Phi) is 4.18. The summed E-state index contributed by atoms with van der Waals surface area (Å²) >= 11 is 3.62. The molecule has 1 spiro atoms. The van der Waals surface area contributed by atoms with Gasteiger partial charge in [-0.15, -0.1) is 0 Å². The van der Waals surface area contributed by atoms with Crippen LogP contribution in [0.15, 0.2) is 22.7 Å². The van der Waals surface area contributed by atoms with E-state index in [0.717, 1.165) is 23.9 Å². The molecule has 1 heterocycles. The fourth-order valence-corrected chi connectivity index (χ4v) is 3.97. The van der Waals surface area contributed by atoms with Gasteiger partial charge in [0.05, 0.1) is 5.60 Å². The molecule has 0 radical (unpaired) electrons. The van der Waals surface area contributed by atoms with Crippen molar-refractivity contribution in [2.45, 2.75) is 50.7 Å². The number of nitrogens with one attached hydrogen (secondary N) is 1. The van der Waals surface area contributed by atoms with Crippen LogP contribution in [0.3, 0.4) is 0 Å². The molecule has 1 aromatic rings. The van der Waals surface area contributed by atoms with Crippen LogP contribution < -0.4 is 11.3 Å². The molecule has 110 valence electrons. The van der Waals surface area contributed by atoms with E-state index in [1.807, 2.05) is 0 Å². The van der Waals surface area contributed by atoms with Gasteiger partial charge in [0, 0.05) is 17.1 Å². The van der Waals surface area contributed by atoms with Gasteiger partial charge in [-0.25, -0.2) is 0 Å². The van der Waals surface area contributed by atoms with Gasteiger partial charge in [0.1, 0.15) is 0 Å². The summed E-state index contributed by atoms with van der Waals surface area (Å²) in [5.41, 5.74) is 5.74. The molecule has 2 fully saturated rings. The van der Waals surface area contributed by atoms with Crippen LogP contribution in [0, 0.1) is 12.8 Å². The molecule has 0 aromatic heterocycles. The van der Waals surface area contributed by atoms with E-state index in [1.54, 1.807) is 0 Å². The predicted molar refractivity (Wildman–Crippen MR) is 84.2 cm³/mol. The molecule has 1 aromatic carbocycles. The van der Waals surface area contributed by atoms with Gasteiger partial charge in [-0.3, -0.25) is 11.3 Å². The molecule has 3 N–H and O–H groups in total. The fraction of sp³-hybridized carbons (Fsp3) is 0.625. The summed E-state index contributed by atoms with van der Waals surface area (Å²) in [5, 5.41) is 0. The molecule has 2 atom stereocenters. The van der Waals surface area contributed by atoms with Crippen LogP contribution in [0.25, 0.3) is 0 Å². The standard InChI is InChI=1S/C16H23BrN2O/c1-11-3-4-12(9-14(11)17)15(19-18)13-5-8-20-16(10-13)6-2-7-16/h3-4,9,13,15,19H,2,5-8,10,18H2,1H3. The van der Waals surface area contributed by atoms with E-state index in [1.165, 1.54) is 30.4 Å². The second kappa shape index (κ2) is 5.76. The van der Waals surface area contributed by atoms with Crippen molar-refractivity contribution in [3.8, 4) is 0 Å². The summed E-state index contributed by atoms with van der Waals surface area (Å²) in [5.74, 6) is 6.42. The van der Waals surface area contributed by atoms with Crippen molar-refractivity contribution in [2.24, 2.45) is 11.8 Å². The maximum Gasteiger partial charge on any atom is 0.0686 e. The molecule has 1 saturated heterocycles. The topological polar surface area (TPSA) is 47.3 Å². The highest BCUT2D eigenvalue weighted by atomic mass is 79.9. The zero-order chi connectivity index (χ0) is 14.2. The van der Waals surface area contributed by atoms with E-state index in [-0.39, 0.29) is 11.6 Å². The van der Waals surface area contributed by atoms with Gasteiger partial charge < -0.3 is 4.74 Å². The van der Waals surface area contributed by atoms with Crippen LogP contribution in [0.5, 0.6) is 0 Å². The molecule has 20 heavy (non-hydrogen) atoms. The van der Waals surface area contributed by atoms with Crippen molar-refractivity contribution in [3.05, 3.63) is 33.8 Å². The van der Waals surface area contributed by atoms with Crippen LogP contribution in [0.1, 0.15) is 49.3 Å².